The van der Waals surface area contributed by atoms with E-state index in [-0.39, 0.29) is 0 Å². The van der Waals surface area contributed by atoms with Crippen LogP contribution in [-0.4, -0.2) is 20.7 Å². The molecule has 20 heavy (non-hydrogen) atoms. The smallest absolute Gasteiger partial charge is 0.250 e. The van der Waals surface area contributed by atoms with Crippen LogP contribution in [0.25, 0.3) is 10.6 Å². The highest BCUT2D eigenvalue weighted by Gasteiger charge is 2.13. The van der Waals surface area contributed by atoms with E-state index in [9.17, 15) is 4.79 Å². The molecular formula is C14H12N4OS. The van der Waals surface area contributed by atoms with Crippen LogP contribution in [0.15, 0.2) is 48.2 Å². The molecule has 6 heteroatoms. The zero-order valence-electron chi connectivity index (χ0n) is 10.6. The minimum Gasteiger partial charge on any atom is -0.366 e. The first-order chi connectivity index (χ1) is 9.74. The fourth-order valence-electron chi connectivity index (χ4n) is 1.95. The van der Waals surface area contributed by atoms with Gasteiger partial charge in [-0.25, -0.2) is 0 Å². The van der Waals surface area contributed by atoms with Gasteiger partial charge in [0.05, 0.1) is 17.0 Å². The predicted molar refractivity (Wildman–Crippen MR) is 77.4 cm³/mol. The molecule has 0 fully saturated rings. The summed E-state index contributed by atoms with van der Waals surface area (Å²) in [6.07, 6.45) is 5.40. The second-order valence-electron chi connectivity index (χ2n) is 4.28. The topological polar surface area (TPSA) is 73.8 Å². The average Bonchev–Trinajstić information content (AvgIpc) is 3.07. The van der Waals surface area contributed by atoms with Crippen molar-refractivity contribution in [2.45, 2.75) is 6.54 Å². The molecular weight excluding hydrogens is 272 g/mol. The molecule has 0 unspecified atom stereocenters. The van der Waals surface area contributed by atoms with Crippen LogP contribution in [-0.2, 0) is 6.54 Å². The maximum atomic E-state index is 11.3. The molecule has 0 aliphatic carbocycles. The molecule has 3 aromatic heterocycles. The van der Waals surface area contributed by atoms with Gasteiger partial charge in [0.1, 0.15) is 5.69 Å². The normalized spacial score (nSPS) is 10.6. The summed E-state index contributed by atoms with van der Waals surface area (Å²) in [6.45, 7) is 0.666. The van der Waals surface area contributed by atoms with Gasteiger partial charge in [0.25, 0.3) is 0 Å². The third kappa shape index (κ3) is 2.46. The first kappa shape index (κ1) is 12.6. The minimum atomic E-state index is -0.426. The van der Waals surface area contributed by atoms with Crippen LogP contribution in [0.1, 0.15) is 15.9 Å². The maximum Gasteiger partial charge on any atom is 0.250 e. The van der Waals surface area contributed by atoms with Crippen molar-refractivity contribution in [3.05, 3.63) is 59.4 Å². The molecule has 5 nitrogen and oxygen atoms in total. The molecule has 0 aromatic carbocycles. The molecule has 0 spiro atoms. The van der Waals surface area contributed by atoms with Crippen LogP contribution in [0.3, 0.4) is 0 Å². The Morgan fingerprint density at radius 2 is 2.05 bits per heavy atom. The SMILES string of the molecule is NC(=O)c1ccsc1-c1ccn(Cc2ccncc2)n1. The first-order valence-electron chi connectivity index (χ1n) is 6.04. The Balaban J connectivity index is 1.87. The summed E-state index contributed by atoms with van der Waals surface area (Å²) >= 11 is 1.46. The van der Waals surface area contributed by atoms with Crippen molar-refractivity contribution >= 4 is 17.2 Å². The molecule has 3 rings (SSSR count). The number of pyridine rings is 1. The summed E-state index contributed by atoms with van der Waals surface area (Å²) in [5, 5.41) is 6.33. The lowest BCUT2D eigenvalue weighted by atomic mass is 10.2. The van der Waals surface area contributed by atoms with E-state index in [1.54, 1.807) is 18.5 Å². The summed E-state index contributed by atoms with van der Waals surface area (Å²) in [5.41, 5.74) is 7.76. The van der Waals surface area contributed by atoms with Crippen molar-refractivity contribution in [3.63, 3.8) is 0 Å². The van der Waals surface area contributed by atoms with Crippen LogP contribution in [0.5, 0.6) is 0 Å². The number of hydrogen-bond donors (Lipinski definition) is 1. The summed E-state index contributed by atoms with van der Waals surface area (Å²) in [5.74, 6) is -0.426. The predicted octanol–water partition coefficient (Wildman–Crippen LogP) is 2.15. The van der Waals surface area contributed by atoms with Crippen LogP contribution < -0.4 is 5.73 Å². The van der Waals surface area contributed by atoms with E-state index in [2.05, 4.69) is 10.1 Å². The van der Waals surface area contributed by atoms with Crippen molar-refractivity contribution in [2.24, 2.45) is 5.73 Å². The Morgan fingerprint density at radius 1 is 1.25 bits per heavy atom. The average molecular weight is 284 g/mol. The highest BCUT2D eigenvalue weighted by Crippen LogP contribution is 2.27. The molecule has 1 amide bonds. The van der Waals surface area contributed by atoms with Crippen molar-refractivity contribution in [2.75, 3.05) is 0 Å². The van der Waals surface area contributed by atoms with Crippen LogP contribution in [0, 0.1) is 0 Å². The van der Waals surface area contributed by atoms with Crippen molar-refractivity contribution < 1.29 is 4.79 Å². The van der Waals surface area contributed by atoms with Crippen molar-refractivity contribution in [1.82, 2.24) is 14.8 Å². The van der Waals surface area contributed by atoms with Crippen molar-refractivity contribution in [3.8, 4) is 10.6 Å². The van der Waals surface area contributed by atoms with E-state index in [0.29, 0.717) is 12.1 Å². The quantitative estimate of drug-likeness (QED) is 0.797. The molecule has 2 N–H and O–H groups in total. The van der Waals surface area contributed by atoms with E-state index >= 15 is 0 Å². The van der Waals surface area contributed by atoms with Gasteiger partial charge in [0.2, 0.25) is 5.91 Å². The number of thiophene rings is 1. The molecule has 0 bridgehead atoms. The highest BCUT2D eigenvalue weighted by atomic mass is 32.1. The molecule has 0 aliphatic rings. The number of nitrogens with zero attached hydrogens (tertiary/aromatic N) is 3. The number of hydrogen-bond acceptors (Lipinski definition) is 4. The Labute approximate surface area is 119 Å². The van der Waals surface area contributed by atoms with E-state index < -0.39 is 5.91 Å². The van der Waals surface area contributed by atoms with Gasteiger partial charge in [-0.2, -0.15) is 5.10 Å². The van der Waals surface area contributed by atoms with E-state index in [1.165, 1.54) is 11.3 Å². The van der Waals surface area contributed by atoms with Crippen LogP contribution in [0.2, 0.25) is 0 Å². The number of aromatic nitrogens is 3. The van der Waals surface area contributed by atoms with Gasteiger partial charge < -0.3 is 5.73 Å². The molecule has 3 heterocycles. The number of carbonyl (C=O) groups is 1. The number of nitrogens with two attached hydrogens (primary N) is 1. The first-order valence-corrected chi connectivity index (χ1v) is 6.92. The molecule has 0 saturated heterocycles. The van der Waals surface area contributed by atoms with Crippen LogP contribution in [0.4, 0.5) is 0 Å². The summed E-state index contributed by atoms with van der Waals surface area (Å²) < 4.78 is 1.83. The molecule has 0 aliphatic heterocycles. The molecule has 100 valence electrons. The zero-order chi connectivity index (χ0) is 13.9. The molecule has 0 atom stereocenters. The van der Waals surface area contributed by atoms with Gasteiger partial charge >= 0.3 is 0 Å². The monoisotopic (exact) mass is 284 g/mol. The zero-order valence-corrected chi connectivity index (χ0v) is 11.4. The second kappa shape index (κ2) is 5.26. The van der Waals surface area contributed by atoms with Gasteiger partial charge in [-0.05, 0) is 35.2 Å². The second-order valence-corrected chi connectivity index (χ2v) is 5.20. The Morgan fingerprint density at radius 3 is 2.80 bits per heavy atom. The maximum absolute atomic E-state index is 11.3. The Kier molecular flexibility index (Phi) is 3.30. The van der Waals surface area contributed by atoms with Gasteiger partial charge in [0, 0.05) is 18.6 Å². The highest BCUT2D eigenvalue weighted by molar-refractivity contribution is 7.14. The lowest BCUT2D eigenvalue weighted by molar-refractivity contribution is 0.100. The number of primary amides is 1. The molecule has 3 aromatic rings. The van der Waals surface area contributed by atoms with Gasteiger partial charge in [-0.1, -0.05) is 0 Å². The summed E-state index contributed by atoms with van der Waals surface area (Å²) in [7, 11) is 0. The van der Waals surface area contributed by atoms with Gasteiger partial charge in [-0.3, -0.25) is 14.5 Å². The fourth-order valence-corrected chi connectivity index (χ4v) is 2.81. The van der Waals surface area contributed by atoms with Crippen LogP contribution >= 0.6 is 11.3 Å². The minimum absolute atomic E-state index is 0.426. The van der Waals surface area contributed by atoms with E-state index in [4.69, 9.17) is 5.73 Å². The third-order valence-corrected chi connectivity index (χ3v) is 3.83. The molecule has 0 saturated carbocycles. The lowest BCUT2D eigenvalue weighted by Gasteiger charge is -2.01. The molecule has 0 radical (unpaired) electrons. The Hall–Kier alpha value is -2.47. The third-order valence-electron chi connectivity index (χ3n) is 2.90. The van der Waals surface area contributed by atoms with E-state index in [1.807, 2.05) is 34.5 Å². The number of rotatable bonds is 4. The van der Waals surface area contributed by atoms with Gasteiger partial charge in [0.15, 0.2) is 0 Å². The standard InChI is InChI=1S/C14H12N4OS/c15-14(19)11-4-8-20-13(11)12-3-7-18(17-12)9-10-1-5-16-6-2-10/h1-8H,9H2,(H2,15,19). The number of carbonyl (C=O) groups excluding carboxylic acids is 1. The summed E-state index contributed by atoms with van der Waals surface area (Å²) in [6, 6.07) is 7.51. The van der Waals surface area contributed by atoms with E-state index in [0.717, 1.165) is 16.1 Å². The largest absolute Gasteiger partial charge is 0.366 e. The summed E-state index contributed by atoms with van der Waals surface area (Å²) in [4.78, 5) is 16.1. The lowest BCUT2D eigenvalue weighted by Crippen LogP contribution is -2.10. The Bertz CT molecular complexity index is 732. The number of amides is 1. The fraction of sp³-hybridized carbons (Fsp3) is 0.0714. The van der Waals surface area contributed by atoms with Crippen molar-refractivity contribution in [1.29, 1.82) is 0 Å². The van der Waals surface area contributed by atoms with Gasteiger partial charge in [-0.15, -0.1) is 11.3 Å².